The number of benzene rings is 1. The summed E-state index contributed by atoms with van der Waals surface area (Å²) in [7, 11) is 0. The average Bonchev–Trinajstić information content (AvgIpc) is 3.23. The number of aromatic nitrogens is 4. The third-order valence-corrected chi connectivity index (χ3v) is 4.90. The normalized spacial score (nSPS) is 13.4. The molecule has 1 aromatic carbocycles. The van der Waals surface area contributed by atoms with Crippen LogP contribution in [-0.2, 0) is 6.54 Å². The fourth-order valence-corrected chi connectivity index (χ4v) is 3.17. The minimum atomic E-state index is -0.301. The van der Waals surface area contributed by atoms with Crippen LogP contribution in [-0.4, -0.2) is 56.5 Å². The molecule has 0 atom stereocenters. The van der Waals surface area contributed by atoms with Crippen LogP contribution < -0.4 is 15.4 Å². The van der Waals surface area contributed by atoms with Crippen LogP contribution in [0.2, 0.25) is 0 Å². The number of rotatable bonds is 7. The van der Waals surface area contributed by atoms with Crippen LogP contribution in [0.25, 0.3) is 0 Å². The number of nitrogens with one attached hydrogen (secondary N) is 2. The molecule has 0 bridgehead atoms. The first-order chi connectivity index (χ1) is 15.1. The van der Waals surface area contributed by atoms with E-state index in [1.54, 1.807) is 34.2 Å². The lowest BCUT2D eigenvalue weighted by Crippen LogP contribution is -2.52. The van der Waals surface area contributed by atoms with Gasteiger partial charge in [-0.3, -0.25) is 9.78 Å². The topological polar surface area (TPSA) is 114 Å². The highest BCUT2D eigenvalue weighted by molar-refractivity contribution is 5.92. The quantitative estimate of drug-likeness (QED) is 0.604. The molecule has 0 saturated carbocycles. The van der Waals surface area contributed by atoms with Crippen molar-refractivity contribution >= 4 is 17.6 Å². The Labute approximate surface area is 179 Å². The average molecular weight is 421 g/mol. The first-order valence-corrected chi connectivity index (χ1v) is 10.0. The van der Waals surface area contributed by atoms with Gasteiger partial charge in [-0.05, 0) is 36.8 Å². The van der Waals surface area contributed by atoms with E-state index >= 15 is 0 Å². The van der Waals surface area contributed by atoms with Crippen molar-refractivity contribution < 1.29 is 14.3 Å². The summed E-state index contributed by atoms with van der Waals surface area (Å²) in [4.78, 5) is 30.4. The molecule has 4 rings (SSSR count). The lowest BCUT2D eigenvalue weighted by atomic mass is 10.1. The summed E-state index contributed by atoms with van der Waals surface area (Å²) in [5, 5.41) is 13.7. The second-order valence-electron chi connectivity index (χ2n) is 7.04. The van der Waals surface area contributed by atoms with E-state index in [1.807, 2.05) is 37.3 Å². The predicted octanol–water partition coefficient (Wildman–Crippen LogP) is 2.09. The number of pyridine rings is 1. The summed E-state index contributed by atoms with van der Waals surface area (Å²) in [6, 6.07) is 10.7. The zero-order valence-corrected chi connectivity index (χ0v) is 17.1. The molecule has 2 N–H and O–H groups in total. The Hall–Kier alpha value is -3.95. The Kier molecular flexibility index (Phi) is 6.06. The first kappa shape index (κ1) is 20.3. The molecule has 1 fully saturated rings. The summed E-state index contributed by atoms with van der Waals surface area (Å²) in [6.45, 7) is 3.75. The van der Waals surface area contributed by atoms with Crippen molar-refractivity contribution in [2.24, 2.45) is 0 Å². The number of para-hydroxylation sites is 2. The zero-order chi connectivity index (χ0) is 21.6. The molecule has 3 amide bonds. The summed E-state index contributed by atoms with van der Waals surface area (Å²) >= 11 is 0. The van der Waals surface area contributed by atoms with E-state index in [2.05, 4.69) is 25.9 Å². The number of amides is 3. The van der Waals surface area contributed by atoms with Gasteiger partial charge in [0.1, 0.15) is 5.75 Å². The van der Waals surface area contributed by atoms with Gasteiger partial charge in [0.05, 0.1) is 24.5 Å². The fourth-order valence-electron chi connectivity index (χ4n) is 3.17. The van der Waals surface area contributed by atoms with Crippen LogP contribution in [0.1, 0.15) is 29.0 Å². The van der Waals surface area contributed by atoms with Gasteiger partial charge in [-0.2, -0.15) is 0 Å². The molecule has 1 saturated heterocycles. The number of ether oxygens (including phenoxy) is 1. The molecule has 10 nitrogen and oxygen atoms in total. The fraction of sp³-hybridized carbons (Fsp3) is 0.286. The van der Waals surface area contributed by atoms with Gasteiger partial charge in [0.25, 0.3) is 5.91 Å². The van der Waals surface area contributed by atoms with Gasteiger partial charge in [0.2, 0.25) is 0 Å². The molecule has 10 heteroatoms. The highest BCUT2D eigenvalue weighted by atomic mass is 16.5. The SMILES string of the molecule is CCOc1ccccc1NC(=O)N1CC(n2cc(C(=O)NCc3ccncc3)nn2)C1. The van der Waals surface area contributed by atoms with Gasteiger partial charge in [0.15, 0.2) is 5.69 Å². The van der Waals surface area contributed by atoms with Gasteiger partial charge >= 0.3 is 6.03 Å². The van der Waals surface area contributed by atoms with Crippen LogP contribution in [0.5, 0.6) is 5.75 Å². The van der Waals surface area contributed by atoms with Crippen molar-refractivity contribution in [3.05, 3.63) is 66.2 Å². The van der Waals surface area contributed by atoms with E-state index in [4.69, 9.17) is 4.74 Å². The number of urea groups is 1. The third-order valence-electron chi connectivity index (χ3n) is 4.90. The minimum Gasteiger partial charge on any atom is -0.492 e. The molecule has 0 spiro atoms. The summed E-state index contributed by atoms with van der Waals surface area (Å²) in [6.07, 6.45) is 4.95. The van der Waals surface area contributed by atoms with Crippen LogP contribution in [0.3, 0.4) is 0 Å². The second-order valence-corrected chi connectivity index (χ2v) is 7.04. The van der Waals surface area contributed by atoms with Crippen molar-refractivity contribution in [3.63, 3.8) is 0 Å². The standard InChI is InChI=1S/C21H23N7O3/c1-2-31-19-6-4-3-5-17(19)24-21(30)27-12-16(13-27)28-14-18(25-26-28)20(29)23-11-15-7-9-22-10-8-15/h3-10,14,16H,2,11-13H2,1H3,(H,23,29)(H,24,30). The van der Waals surface area contributed by atoms with Crippen molar-refractivity contribution in [1.29, 1.82) is 0 Å². The van der Waals surface area contributed by atoms with E-state index < -0.39 is 0 Å². The Morgan fingerprint density at radius 2 is 1.94 bits per heavy atom. The van der Waals surface area contributed by atoms with E-state index in [1.165, 1.54) is 0 Å². The van der Waals surface area contributed by atoms with E-state index in [0.29, 0.717) is 37.7 Å². The zero-order valence-electron chi connectivity index (χ0n) is 17.1. The van der Waals surface area contributed by atoms with Gasteiger partial charge in [0, 0.05) is 32.0 Å². The number of carbonyl (C=O) groups excluding carboxylic acids is 2. The number of likely N-dealkylation sites (tertiary alicyclic amines) is 1. The largest absolute Gasteiger partial charge is 0.492 e. The minimum absolute atomic E-state index is 0.0258. The second kappa shape index (κ2) is 9.24. The Bertz CT molecular complexity index is 1050. The predicted molar refractivity (Wildman–Crippen MR) is 113 cm³/mol. The lowest BCUT2D eigenvalue weighted by Gasteiger charge is -2.38. The molecule has 2 aromatic heterocycles. The maximum atomic E-state index is 12.5. The number of hydrogen-bond donors (Lipinski definition) is 2. The molecule has 0 radical (unpaired) electrons. The molecular weight excluding hydrogens is 398 g/mol. The van der Waals surface area contributed by atoms with Crippen molar-refractivity contribution in [3.8, 4) is 5.75 Å². The molecule has 3 heterocycles. The Morgan fingerprint density at radius 1 is 1.16 bits per heavy atom. The highest BCUT2D eigenvalue weighted by Crippen LogP contribution is 2.26. The van der Waals surface area contributed by atoms with Crippen molar-refractivity contribution in [1.82, 2.24) is 30.2 Å². The molecule has 0 unspecified atom stereocenters. The van der Waals surface area contributed by atoms with Crippen LogP contribution in [0, 0.1) is 0 Å². The molecule has 0 aliphatic carbocycles. The number of anilines is 1. The summed E-state index contributed by atoms with van der Waals surface area (Å²) in [5.41, 5.74) is 1.82. The number of hydrogen-bond acceptors (Lipinski definition) is 6. The smallest absolute Gasteiger partial charge is 0.322 e. The summed E-state index contributed by atoms with van der Waals surface area (Å²) < 4.78 is 7.16. The van der Waals surface area contributed by atoms with Crippen molar-refractivity contribution in [2.75, 3.05) is 25.0 Å². The van der Waals surface area contributed by atoms with Gasteiger partial charge < -0.3 is 20.3 Å². The molecule has 1 aliphatic heterocycles. The van der Waals surface area contributed by atoms with Gasteiger partial charge in [-0.25, -0.2) is 9.48 Å². The Balaban J connectivity index is 1.28. The van der Waals surface area contributed by atoms with Crippen LogP contribution in [0.4, 0.5) is 10.5 Å². The highest BCUT2D eigenvalue weighted by Gasteiger charge is 2.33. The van der Waals surface area contributed by atoms with Crippen molar-refractivity contribution in [2.45, 2.75) is 19.5 Å². The Morgan fingerprint density at radius 3 is 2.71 bits per heavy atom. The molecule has 31 heavy (non-hydrogen) atoms. The number of nitrogens with zero attached hydrogens (tertiary/aromatic N) is 5. The maximum absolute atomic E-state index is 12.5. The van der Waals surface area contributed by atoms with Gasteiger partial charge in [-0.1, -0.05) is 17.3 Å². The summed E-state index contributed by atoms with van der Waals surface area (Å²) in [5.74, 6) is 0.332. The van der Waals surface area contributed by atoms with Gasteiger partial charge in [-0.15, -0.1) is 5.10 Å². The van der Waals surface area contributed by atoms with E-state index in [9.17, 15) is 9.59 Å². The lowest BCUT2D eigenvalue weighted by molar-refractivity contribution is 0.0945. The van der Waals surface area contributed by atoms with E-state index in [-0.39, 0.29) is 23.7 Å². The van der Waals surface area contributed by atoms with Crippen LogP contribution in [0.15, 0.2) is 55.0 Å². The first-order valence-electron chi connectivity index (χ1n) is 10.0. The van der Waals surface area contributed by atoms with E-state index in [0.717, 1.165) is 5.56 Å². The number of carbonyl (C=O) groups is 2. The molecule has 160 valence electrons. The third kappa shape index (κ3) is 4.80. The molecule has 1 aliphatic rings. The monoisotopic (exact) mass is 421 g/mol. The van der Waals surface area contributed by atoms with Crippen LogP contribution >= 0.6 is 0 Å². The molecule has 3 aromatic rings. The maximum Gasteiger partial charge on any atom is 0.322 e. The molecular formula is C21H23N7O3.